The van der Waals surface area contributed by atoms with Gasteiger partial charge in [0.25, 0.3) is 0 Å². The normalized spacial score (nSPS) is 13.4. The number of hydrogen-bond acceptors (Lipinski definition) is 4. The highest BCUT2D eigenvalue weighted by atomic mass is 32.2. The molecule has 0 heterocycles. The second-order valence-corrected chi connectivity index (χ2v) is 5.80. The minimum absolute atomic E-state index is 0.348. The highest BCUT2D eigenvalue weighted by molar-refractivity contribution is 7.98. The first-order valence-electron chi connectivity index (χ1n) is 6.86. The Bertz CT molecular complexity index is 453. The molecule has 0 saturated heterocycles. The van der Waals surface area contributed by atoms with Gasteiger partial charge in [-0.3, -0.25) is 4.79 Å². The number of thioether (sulfide) groups is 1. The Morgan fingerprint density at radius 2 is 1.95 bits per heavy atom. The molecule has 0 bridgehead atoms. The number of carbonyl (C=O) groups excluding carboxylic acids is 1. The Morgan fingerprint density at radius 3 is 2.52 bits per heavy atom. The molecule has 6 heteroatoms. The van der Waals surface area contributed by atoms with Crippen LogP contribution in [-0.2, 0) is 16.0 Å². The quantitative estimate of drug-likeness (QED) is 0.639. The predicted molar refractivity (Wildman–Crippen MR) is 85.3 cm³/mol. The predicted octanol–water partition coefficient (Wildman–Crippen LogP) is 1.27. The number of hydrogen-bond donors (Lipinski definition) is 3. The summed E-state index contributed by atoms with van der Waals surface area (Å²) < 4.78 is 0. The fourth-order valence-electron chi connectivity index (χ4n) is 1.87. The first-order valence-corrected chi connectivity index (χ1v) is 8.25. The molecule has 0 fully saturated rings. The van der Waals surface area contributed by atoms with Crippen molar-refractivity contribution in [1.82, 2.24) is 5.32 Å². The topological polar surface area (TPSA) is 92.4 Å². The van der Waals surface area contributed by atoms with Gasteiger partial charge < -0.3 is 16.2 Å². The van der Waals surface area contributed by atoms with Crippen LogP contribution >= 0.6 is 11.8 Å². The Labute approximate surface area is 129 Å². The van der Waals surface area contributed by atoms with Gasteiger partial charge in [-0.05, 0) is 36.8 Å². The smallest absolute Gasteiger partial charge is 0.326 e. The van der Waals surface area contributed by atoms with Gasteiger partial charge in [-0.2, -0.15) is 11.8 Å². The van der Waals surface area contributed by atoms with E-state index in [4.69, 9.17) is 5.73 Å². The van der Waals surface area contributed by atoms with Gasteiger partial charge in [-0.25, -0.2) is 4.79 Å². The fraction of sp³-hybridized carbons (Fsp3) is 0.467. The van der Waals surface area contributed by atoms with E-state index in [9.17, 15) is 14.7 Å². The molecule has 2 atom stereocenters. The van der Waals surface area contributed by atoms with Gasteiger partial charge in [0.15, 0.2) is 0 Å². The largest absolute Gasteiger partial charge is 0.480 e. The standard InChI is InChI=1S/C15H22N2O3S/c1-21-10-9-12(16)14(18)17-13(15(19)20)8-7-11-5-3-2-4-6-11/h2-6,12-13H,7-10,16H2,1H3,(H,17,18)(H,19,20)/t12-,13-/m0/s1. The number of rotatable bonds is 9. The first-order chi connectivity index (χ1) is 10.0. The zero-order chi connectivity index (χ0) is 15.7. The number of benzene rings is 1. The lowest BCUT2D eigenvalue weighted by atomic mass is 10.0. The van der Waals surface area contributed by atoms with Crippen molar-refractivity contribution in [3.63, 3.8) is 0 Å². The maximum Gasteiger partial charge on any atom is 0.326 e. The summed E-state index contributed by atoms with van der Waals surface area (Å²) >= 11 is 1.60. The van der Waals surface area contributed by atoms with E-state index < -0.39 is 24.0 Å². The van der Waals surface area contributed by atoms with Crippen molar-refractivity contribution < 1.29 is 14.7 Å². The molecule has 1 aromatic rings. The monoisotopic (exact) mass is 310 g/mol. The lowest BCUT2D eigenvalue weighted by Gasteiger charge is -2.17. The van der Waals surface area contributed by atoms with Gasteiger partial charge in [-0.15, -0.1) is 0 Å². The number of amides is 1. The lowest BCUT2D eigenvalue weighted by Crippen LogP contribution is -2.48. The van der Waals surface area contributed by atoms with Crippen molar-refractivity contribution in [2.75, 3.05) is 12.0 Å². The van der Waals surface area contributed by atoms with Crippen LogP contribution in [0.4, 0.5) is 0 Å². The molecule has 0 spiro atoms. The SMILES string of the molecule is CSCC[C@H](N)C(=O)N[C@@H](CCc1ccccc1)C(=O)O. The maximum absolute atomic E-state index is 11.9. The van der Waals surface area contributed by atoms with Crippen molar-refractivity contribution in [3.8, 4) is 0 Å². The van der Waals surface area contributed by atoms with E-state index in [1.54, 1.807) is 11.8 Å². The van der Waals surface area contributed by atoms with Crippen LogP contribution in [0.15, 0.2) is 30.3 Å². The van der Waals surface area contributed by atoms with Crippen molar-refractivity contribution in [2.45, 2.75) is 31.3 Å². The van der Waals surface area contributed by atoms with Crippen LogP contribution < -0.4 is 11.1 Å². The minimum Gasteiger partial charge on any atom is -0.480 e. The molecule has 0 radical (unpaired) electrons. The molecule has 0 aromatic heterocycles. The van der Waals surface area contributed by atoms with E-state index in [-0.39, 0.29) is 0 Å². The van der Waals surface area contributed by atoms with Gasteiger partial charge in [0, 0.05) is 0 Å². The molecule has 1 aromatic carbocycles. The minimum atomic E-state index is -1.03. The molecule has 0 aliphatic carbocycles. The number of carboxylic acid groups (broad SMARTS) is 1. The van der Waals surface area contributed by atoms with Gasteiger partial charge >= 0.3 is 5.97 Å². The molecule has 1 amide bonds. The van der Waals surface area contributed by atoms with E-state index in [0.717, 1.165) is 11.3 Å². The molecule has 116 valence electrons. The summed E-state index contributed by atoms with van der Waals surface area (Å²) in [5, 5.41) is 11.7. The van der Waals surface area contributed by atoms with Crippen molar-refractivity contribution >= 4 is 23.6 Å². The third-order valence-corrected chi connectivity index (χ3v) is 3.79. The van der Waals surface area contributed by atoms with Crippen LogP contribution in [0.1, 0.15) is 18.4 Å². The van der Waals surface area contributed by atoms with Crippen LogP contribution in [0.3, 0.4) is 0 Å². The van der Waals surface area contributed by atoms with Crippen molar-refractivity contribution in [2.24, 2.45) is 5.73 Å². The number of carboxylic acids is 1. The number of aryl methyl sites for hydroxylation is 1. The second-order valence-electron chi connectivity index (χ2n) is 4.81. The van der Waals surface area contributed by atoms with Crippen LogP contribution in [0.2, 0.25) is 0 Å². The molecule has 0 aliphatic heterocycles. The molecular weight excluding hydrogens is 288 g/mol. The van der Waals surface area contributed by atoms with Crippen molar-refractivity contribution in [1.29, 1.82) is 0 Å². The van der Waals surface area contributed by atoms with Crippen LogP contribution in [-0.4, -0.2) is 41.1 Å². The van der Waals surface area contributed by atoms with Gasteiger partial charge in [0.05, 0.1) is 6.04 Å². The summed E-state index contributed by atoms with van der Waals surface area (Å²) in [6.07, 6.45) is 3.42. The van der Waals surface area contributed by atoms with Crippen LogP contribution in [0.25, 0.3) is 0 Å². The summed E-state index contributed by atoms with van der Waals surface area (Å²) in [6, 6.07) is 8.03. The van der Waals surface area contributed by atoms with Crippen LogP contribution in [0, 0.1) is 0 Å². The molecule has 1 rings (SSSR count). The van der Waals surface area contributed by atoms with E-state index in [2.05, 4.69) is 5.32 Å². The average Bonchev–Trinajstić information content (AvgIpc) is 2.49. The number of nitrogens with two attached hydrogens (primary N) is 1. The van der Waals surface area contributed by atoms with Gasteiger partial charge in [-0.1, -0.05) is 30.3 Å². The van der Waals surface area contributed by atoms with Crippen molar-refractivity contribution in [3.05, 3.63) is 35.9 Å². The maximum atomic E-state index is 11.9. The zero-order valence-electron chi connectivity index (χ0n) is 12.1. The van der Waals surface area contributed by atoms with E-state index in [0.29, 0.717) is 19.3 Å². The third-order valence-electron chi connectivity index (χ3n) is 3.15. The average molecular weight is 310 g/mol. The second kappa shape index (κ2) is 9.41. The summed E-state index contributed by atoms with van der Waals surface area (Å²) in [7, 11) is 0. The molecule has 0 aliphatic rings. The van der Waals surface area contributed by atoms with Gasteiger partial charge in [0.1, 0.15) is 6.04 Å². The lowest BCUT2D eigenvalue weighted by molar-refractivity contribution is -0.142. The molecule has 21 heavy (non-hydrogen) atoms. The zero-order valence-corrected chi connectivity index (χ0v) is 12.9. The molecule has 5 nitrogen and oxygen atoms in total. The van der Waals surface area contributed by atoms with Crippen LogP contribution in [0.5, 0.6) is 0 Å². The Morgan fingerprint density at radius 1 is 1.29 bits per heavy atom. The number of aliphatic carboxylic acids is 1. The fourth-order valence-corrected chi connectivity index (χ4v) is 2.36. The summed E-state index contributed by atoms with van der Waals surface area (Å²) in [5.41, 5.74) is 6.79. The van der Waals surface area contributed by atoms with E-state index in [1.807, 2.05) is 36.6 Å². The number of nitrogens with one attached hydrogen (secondary N) is 1. The van der Waals surface area contributed by atoms with E-state index in [1.165, 1.54) is 0 Å². The summed E-state index contributed by atoms with van der Waals surface area (Å²) in [6.45, 7) is 0. The first kappa shape index (κ1) is 17.5. The van der Waals surface area contributed by atoms with Gasteiger partial charge in [0.2, 0.25) is 5.91 Å². The summed E-state index contributed by atoms with van der Waals surface area (Å²) in [5.74, 6) is -0.656. The molecular formula is C15H22N2O3S. The highest BCUT2D eigenvalue weighted by Crippen LogP contribution is 2.06. The number of carbonyl (C=O) groups is 2. The third kappa shape index (κ3) is 6.64. The van der Waals surface area contributed by atoms with E-state index >= 15 is 0 Å². The molecule has 0 saturated carbocycles. The Kier molecular flexibility index (Phi) is 7.85. The molecule has 0 unspecified atom stereocenters. The molecule has 4 N–H and O–H groups in total. The Balaban J connectivity index is 2.50. The summed E-state index contributed by atoms with van der Waals surface area (Å²) in [4.78, 5) is 23.1. The highest BCUT2D eigenvalue weighted by Gasteiger charge is 2.22. The Hall–Kier alpha value is -1.53.